The molecule has 2 aromatic rings. The van der Waals surface area contributed by atoms with Gasteiger partial charge in [0, 0.05) is 18.3 Å². The van der Waals surface area contributed by atoms with E-state index >= 15 is 0 Å². The van der Waals surface area contributed by atoms with Crippen molar-refractivity contribution in [2.45, 2.75) is 13.8 Å². The number of hydrogen-bond donors (Lipinski definition) is 2. The molecule has 0 aliphatic rings. The smallest absolute Gasteiger partial charge is 0.341 e. The Morgan fingerprint density at radius 1 is 1.30 bits per heavy atom. The summed E-state index contributed by atoms with van der Waals surface area (Å²) in [6.07, 6.45) is 1.35. The summed E-state index contributed by atoms with van der Waals surface area (Å²) in [7, 11) is 0. The van der Waals surface area contributed by atoms with Gasteiger partial charge < -0.3 is 10.4 Å². The van der Waals surface area contributed by atoms with E-state index in [0.717, 1.165) is 5.56 Å². The number of aromatic nitrogens is 2. The Kier molecular flexibility index (Phi) is 4.30. The first kappa shape index (κ1) is 14.0. The summed E-state index contributed by atoms with van der Waals surface area (Å²) in [6.45, 7) is 4.75. The molecule has 1 heterocycles. The summed E-state index contributed by atoms with van der Waals surface area (Å²) in [6, 6.07) is 9.48. The lowest BCUT2D eigenvalue weighted by Gasteiger charge is -2.11. The van der Waals surface area contributed by atoms with Crippen molar-refractivity contribution >= 4 is 11.8 Å². The van der Waals surface area contributed by atoms with Crippen LogP contribution in [0.4, 0.5) is 5.82 Å². The van der Waals surface area contributed by atoms with E-state index in [1.54, 1.807) is 0 Å². The average molecular weight is 271 g/mol. The zero-order valence-electron chi connectivity index (χ0n) is 11.5. The van der Waals surface area contributed by atoms with Crippen LogP contribution in [0.15, 0.2) is 36.5 Å². The lowest BCUT2D eigenvalue weighted by molar-refractivity contribution is 0.0697. The predicted octanol–water partition coefficient (Wildman–Crippen LogP) is 2.91. The summed E-state index contributed by atoms with van der Waals surface area (Å²) >= 11 is 0. The fraction of sp³-hybridized carbons (Fsp3) is 0.267. The van der Waals surface area contributed by atoms with Crippen LogP contribution in [-0.4, -0.2) is 27.6 Å². The SMILES string of the molecule is CC(C)CNc1nc(-c2ccccc2)ncc1C(=O)O. The first-order chi connectivity index (χ1) is 9.58. The normalized spacial score (nSPS) is 10.6. The lowest BCUT2D eigenvalue weighted by Crippen LogP contribution is -2.14. The number of rotatable bonds is 5. The third-order valence-corrected chi connectivity index (χ3v) is 2.73. The molecule has 5 heteroatoms. The van der Waals surface area contributed by atoms with E-state index < -0.39 is 5.97 Å². The first-order valence-corrected chi connectivity index (χ1v) is 6.47. The van der Waals surface area contributed by atoms with Crippen molar-refractivity contribution < 1.29 is 9.90 Å². The van der Waals surface area contributed by atoms with E-state index in [4.69, 9.17) is 0 Å². The van der Waals surface area contributed by atoms with Crippen molar-refractivity contribution in [2.75, 3.05) is 11.9 Å². The Labute approximate surface area is 117 Å². The monoisotopic (exact) mass is 271 g/mol. The predicted molar refractivity (Wildman–Crippen MR) is 77.8 cm³/mol. The molecule has 1 aromatic heterocycles. The van der Waals surface area contributed by atoms with Crippen LogP contribution in [0.1, 0.15) is 24.2 Å². The maximum atomic E-state index is 11.2. The molecule has 0 radical (unpaired) electrons. The van der Waals surface area contributed by atoms with Gasteiger partial charge in [0.2, 0.25) is 0 Å². The van der Waals surface area contributed by atoms with Crippen LogP contribution in [0.25, 0.3) is 11.4 Å². The molecule has 0 saturated heterocycles. The van der Waals surface area contributed by atoms with Gasteiger partial charge in [-0.3, -0.25) is 0 Å². The van der Waals surface area contributed by atoms with Crippen LogP contribution < -0.4 is 5.32 Å². The molecule has 0 atom stereocenters. The van der Waals surface area contributed by atoms with Crippen LogP contribution in [0.5, 0.6) is 0 Å². The number of carboxylic acids is 1. The number of carboxylic acid groups (broad SMARTS) is 1. The topological polar surface area (TPSA) is 75.1 Å². The number of nitrogens with one attached hydrogen (secondary N) is 1. The minimum atomic E-state index is -1.03. The Balaban J connectivity index is 2.37. The van der Waals surface area contributed by atoms with Crippen molar-refractivity contribution in [1.29, 1.82) is 0 Å². The number of carbonyl (C=O) groups is 1. The molecule has 0 fully saturated rings. The Morgan fingerprint density at radius 2 is 2.00 bits per heavy atom. The Morgan fingerprint density at radius 3 is 2.60 bits per heavy atom. The van der Waals surface area contributed by atoms with E-state index in [9.17, 15) is 9.90 Å². The number of benzene rings is 1. The molecular weight excluding hydrogens is 254 g/mol. The van der Waals surface area contributed by atoms with Gasteiger partial charge in [0.15, 0.2) is 5.82 Å². The number of aromatic carboxylic acids is 1. The van der Waals surface area contributed by atoms with Crippen molar-refractivity contribution in [2.24, 2.45) is 5.92 Å². The Hall–Kier alpha value is -2.43. The van der Waals surface area contributed by atoms with Crippen LogP contribution in [0, 0.1) is 5.92 Å². The summed E-state index contributed by atoms with van der Waals surface area (Å²) in [5.74, 6) is 0.240. The minimum Gasteiger partial charge on any atom is -0.477 e. The second kappa shape index (κ2) is 6.14. The van der Waals surface area contributed by atoms with Gasteiger partial charge in [0.25, 0.3) is 0 Å². The molecule has 104 valence electrons. The minimum absolute atomic E-state index is 0.0883. The molecule has 20 heavy (non-hydrogen) atoms. The van der Waals surface area contributed by atoms with Gasteiger partial charge in [-0.05, 0) is 5.92 Å². The average Bonchev–Trinajstić information content (AvgIpc) is 2.45. The van der Waals surface area contributed by atoms with Gasteiger partial charge in [0.1, 0.15) is 11.4 Å². The number of hydrogen-bond acceptors (Lipinski definition) is 4. The lowest BCUT2D eigenvalue weighted by atomic mass is 10.2. The van der Waals surface area contributed by atoms with Crippen molar-refractivity contribution in [3.63, 3.8) is 0 Å². The number of anilines is 1. The van der Waals surface area contributed by atoms with Crippen LogP contribution >= 0.6 is 0 Å². The van der Waals surface area contributed by atoms with Gasteiger partial charge in [0.05, 0.1) is 0 Å². The highest BCUT2D eigenvalue weighted by Gasteiger charge is 2.14. The van der Waals surface area contributed by atoms with E-state index in [0.29, 0.717) is 24.1 Å². The molecule has 2 rings (SSSR count). The molecule has 0 bridgehead atoms. The largest absolute Gasteiger partial charge is 0.477 e. The Bertz CT molecular complexity index is 597. The van der Waals surface area contributed by atoms with Crippen LogP contribution in [0.3, 0.4) is 0 Å². The fourth-order valence-corrected chi connectivity index (χ4v) is 1.70. The molecule has 0 unspecified atom stereocenters. The highest BCUT2D eigenvalue weighted by molar-refractivity contribution is 5.93. The van der Waals surface area contributed by atoms with Gasteiger partial charge in [-0.25, -0.2) is 14.8 Å². The highest BCUT2D eigenvalue weighted by atomic mass is 16.4. The maximum absolute atomic E-state index is 11.2. The standard InChI is InChI=1S/C15H17N3O2/c1-10(2)8-16-14-12(15(19)20)9-17-13(18-14)11-6-4-3-5-7-11/h3-7,9-10H,8H2,1-2H3,(H,19,20)(H,16,17,18). The summed E-state index contributed by atoms with van der Waals surface area (Å²) in [4.78, 5) is 19.7. The molecule has 0 aliphatic heterocycles. The van der Waals surface area contributed by atoms with E-state index in [2.05, 4.69) is 15.3 Å². The second-order valence-corrected chi connectivity index (χ2v) is 4.90. The van der Waals surface area contributed by atoms with Crippen molar-refractivity contribution in [1.82, 2.24) is 9.97 Å². The van der Waals surface area contributed by atoms with Gasteiger partial charge in [-0.1, -0.05) is 44.2 Å². The number of nitrogens with zero attached hydrogens (tertiary/aromatic N) is 2. The molecule has 0 amide bonds. The zero-order chi connectivity index (χ0) is 14.5. The maximum Gasteiger partial charge on any atom is 0.341 e. The van der Waals surface area contributed by atoms with Crippen molar-refractivity contribution in [3.8, 4) is 11.4 Å². The fourth-order valence-electron chi connectivity index (χ4n) is 1.70. The molecule has 1 aromatic carbocycles. The van der Waals surface area contributed by atoms with Gasteiger partial charge in [-0.15, -0.1) is 0 Å². The van der Waals surface area contributed by atoms with Crippen molar-refractivity contribution in [3.05, 3.63) is 42.1 Å². The van der Waals surface area contributed by atoms with Gasteiger partial charge >= 0.3 is 5.97 Å². The molecule has 0 spiro atoms. The summed E-state index contributed by atoms with van der Waals surface area (Å²) in [5.41, 5.74) is 0.947. The van der Waals surface area contributed by atoms with E-state index in [1.165, 1.54) is 6.20 Å². The highest BCUT2D eigenvalue weighted by Crippen LogP contribution is 2.19. The van der Waals surface area contributed by atoms with E-state index in [-0.39, 0.29) is 5.56 Å². The molecular formula is C15H17N3O2. The first-order valence-electron chi connectivity index (χ1n) is 6.47. The molecule has 2 N–H and O–H groups in total. The third-order valence-electron chi connectivity index (χ3n) is 2.73. The third kappa shape index (κ3) is 3.32. The summed E-state index contributed by atoms with van der Waals surface area (Å²) in [5, 5.41) is 12.2. The zero-order valence-corrected chi connectivity index (χ0v) is 11.5. The molecule has 0 saturated carbocycles. The second-order valence-electron chi connectivity index (χ2n) is 4.90. The van der Waals surface area contributed by atoms with Gasteiger partial charge in [-0.2, -0.15) is 0 Å². The van der Waals surface area contributed by atoms with Crippen LogP contribution in [0.2, 0.25) is 0 Å². The quantitative estimate of drug-likeness (QED) is 0.874. The van der Waals surface area contributed by atoms with Crippen LogP contribution in [-0.2, 0) is 0 Å². The molecule has 5 nitrogen and oxygen atoms in total. The molecule has 0 aliphatic carbocycles. The van der Waals surface area contributed by atoms with E-state index in [1.807, 2.05) is 44.2 Å². The summed E-state index contributed by atoms with van der Waals surface area (Å²) < 4.78 is 0.